The molecular weight excluding hydrogens is 444 g/mol. The predicted molar refractivity (Wildman–Crippen MR) is 30.3 cm³/mol. The first kappa shape index (κ1) is 22.4. The van der Waals surface area contributed by atoms with Crippen LogP contribution in [0.2, 0.25) is 0 Å². The van der Waals surface area contributed by atoms with Gasteiger partial charge in [-0.05, 0) is 0 Å². The van der Waals surface area contributed by atoms with E-state index in [1.165, 1.54) is 0 Å². The minimum atomic E-state index is -2.17. The minimum Gasteiger partial charge on any atom is -1.00 e. The largest absolute Gasteiger partial charge is 2.00 e. The fourth-order valence-electron chi connectivity index (χ4n) is 0. The minimum absolute atomic E-state index is 0. The van der Waals surface area contributed by atoms with Gasteiger partial charge in [0.1, 0.15) is 0 Å². The molecule has 3 N–H and O–H groups in total. The molecule has 0 aromatic carbocycles. The monoisotopic (exact) mass is 453 g/mol. The van der Waals surface area contributed by atoms with Gasteiger partial charge in [0.2, 0.25) is 0 Å². The molecule has 7 heavy (non-hydrogen) atoms. The van der Waals surface area contributed by atoms with Gasteiger partial charge in [-0.2, -0.15) is 0 Å². The van der Waals surface area contributed by atoms with Crippen molar-refractivity contribution >= 4 is 79.0 Å². The van der Waals surface area contributed by atoms with Crippen molar-refractivity contribution in [2.75, 3.05) is 0 Å². The zero-order valence-electron chi connectivity index (χ0n) is 5.91. The summed E-state index contributed by atoms with van der Waals surface area (Å²) in [5, 5.41) is 21.5. The second-order valence-electron chi connectivity index (χ2n) is 0.346. The summed E-state index contributed by atoms with van der Waals surface area (Å²) in [6, 6.07) is 0. The molecule has 0 aliphatic heterocycles. The van der Waals surface area contributed by atoms with Gasteiger partial charge in [0.05, 0.1) is 0 Å². The van der Waals surface area contributed by atoms with Gasteiger partial charge in [-0.25, -0.2) is 0 Å². The van der Waals surface area contributed by atoms with Crippen molar-refractivity contribution in [1.82, 2.24) is 0 Å². The van der Waals surface area contributed by atoms with E-state index < -0.39 is 7.32 Å². The normalized spacial score (nSPS) is 3.86. The molecule has 0 aromatic heterocycles. The van der Waals surface area contributed by atoms with Gasteiger partial charge in [-0.15, -0.1) is 0 Å². The Kier molecular flexibility index (Phi) is 51.9. The molecule has 0 saturated heterocycles. The molecule has 0 rings (SSSR count). The van der Waals surface area contributed by atoms with Crippen LogP contribution < -0.4 is 0 Å². The second-order valence-corrected chi connectivity index (χ2v) is 0.346. The Morgan fingerprint density at radius 1 is 1.14 bits per heavy atom. The molecule has 0 saturated carbocycles. The molecule has 3 nitrogen and oxygen atoms in total. The summed E-state index contributed by atoms with van der Waals surface area (Å²) in [5.74, 6) is 0. The maximum atomic E-state index is 7.17. The van der Waals surface area contributed by atoms with Crippen molar-refractivity contribution in [3.05, 3.63) is 0 Å². The summed E-state index contributed by atoms with van der Waals surface area (Å²) in [5.41, 5.74) is 0. The Bertz CT molecular complexity index is 26.5. The van der Waals surface area contributed by atoms with Crippen molar-refractivity contribution in [2.24, 2.45) is 0 Å². The van der Waals surface area contributed by atoms with E-state index in [9.17, 15) is 0 Å². The molecule has 0 spiro atoms. The van der Waals surface area contributed by atoms with Gasteiger partial charge in [0.25, 0.3) is 0 Å². The zero-order chi connectivity index (χ0) is 3.58. The van der Waals surface area contributed by atoms with E-state index in [1.807, 2.05) is 0 Å². The first-order valence-electron chi connectivity index (χ1n) is 0.775. The summed E-state index contributed by atoms with van der Waals surface area (Å²) in [4.78, 5) is 0. The molecule has 0 aliphatic carbocycles. The van der Waals surface area contributed by atoms with Gasteiger partial charge in [-0.3, -0.25) is 0 Å². The Morgan fingerprint density at radius 3 is 1.14 bits per heavy atom. The van der Waals surface area contributed by atoms with E-state index in [0.717, 1.165) is 0 Å². The summed E-state index contributed by atoms with van der Waals surface area (Å²) in [7, 11) is -2.17. The zero-order valence-corrected chi connectivity index (χ0v) is 15.7. The predicted octanol–water partition coefficient (Wildman–Crippen LogP) is -3.39. The van der Waals surface area contributed by atoms with E-state index >= 15 is 0 Å². The van der Waals surface area contributed by atoms with Crippen molar-refractivity contribution in [2.45, 2.75) is 0 Å². The van der Waals surface area contributed by atoms with E-state index in [1.54, 1.807) is 0 Å². The van der Waals surface area contributed by atoms with Crippen LogP contribution >= 0.6 is 0 Å². The van der Waals surface area contributed by atoms with Crippen molar-refractivity contribution in [3.8, 4) is 0 Å². The molecule has 0 heterocycles. The summed E-state index contributed by atoms with van der Waals surface area (Å²) in [6.45, 7) is 0. The van der Waals surface area contributed by atoms with Gasteiger partial charge in [0.15, 0.2) is 0 Å². The third-order valence-corrected chi connectivity index (χ3v) is 0. The molecule has 0 unspecified atom stereocenters. The topological polar surface area (TPSA) is 60.7 Å². The Hall–Kier alpha value is 3.41. The van der Waals surface area contributed by atoms with Crippen LogP contribution in [0.4, 0.5) is 0 Å². The molecule has 0 fully saturated rings. The molecule has 7 heteroatoms. The van der Waals surface area contributed by atoms with Crippen LogP contribution in [0.3, 0.4) is 0 Å². The summed E-state index contributed by atoms with van der Waals surface area (Å²) in [6.07, 6.45) is 0. The second kappa shape index (κ2) is 16.2. The number of rotatable bonds is 0. The van der Waals surface area contributed by atoms with Crippen LogP contribution in [0.15, 0.2) is 0 Å². The third kappa shape index (κ3) is 44.4. The molecular formula is H8BBiO3SrY. The van der Waals surface area contributed by atoms with Crippen molar-refractivity contribution < 1.29 is 50.6 Å². The Balaban J connectivity index is -0.00000000450. The smallest absolute Gasteiger partial charge is 1.00 e. The van der Waals surface area contributed by atoms with Gasteiger partial charge in [-0.1, -0.05) is 0 Å². The first-order chi connectivity index (χ1) is 1.73. The SMILES string of the molecule is OB(O)O.[BiH3].[H-].[H-].[Sr+2].[Y]. The molecule has 0 bridgehead atoms. The number of hydrogen-bond acceptors (Lipinski definition) is 3. The van der Waals surface area contributed by atoms with Crippen LogP contribution in [0.5, 0.6) is 0 Å². The van der Waals surface area contributed by atoms with Crippen LogP contribution in [0, 0.1) is 0 Å². The van der Waals surface area contributed by atoms with Crippen molar-refractivity contribution in [3.63, 3.8) is 0 Å². The van der Waals surface area contributed by atoms with Crippen LogP contribution in [-0.2, 0) is 32.7 Å². The molecule has 0 amide bonds. The van der Waals surface area contributed by atoms with E-state index in [0.29, 0.717) is 0 Å². The van der Waals surface area contributed by atoms with Crippen LogP contribution in [0.1, 0.15) is 2.85 Å². The van der Waals surface area contributed by atoms with E-state index in [2.05, 4.69) is 0 Å². The average molecular weight is 452 g/mol. The van der Waals surface area contributed by atoms with Gasteiger partial charge < -0.3 is 17.9 Å². The number of hydrogen-bond donors (Lipinski definition) is 3. The van der Waals surface area contributed by atoms with Crippen molar-refractivity contribution in [1.29, 1.82) is 0 Å². The van der Waals surface area contributed by atoms with E-state index in [4.69, 9.17) is 15.1 Å². The Labute approximate surface area is 127 Å². The molecule has 0 aromatic rings. The fourth-order valence-corrected chi connectivity index (χ4v) is 0. The maximum absolute atomic E-state index is 7.17. The summed E-state index contributed by atoms with van der Waals surface area (Å²) < 4.78 is 0. The van der Waals surface area contributed by atoms with Crippen LogP contribution in [-0.4, -0.2) is 94.1 Å². The molecule has 39 valence electrons. The molecule has 0 aliphatic rings. The Morgan fingerprint density at radius 2 is 1.14 bits per heavy atom. The first-order valence-corrected chi connectivity index (χ1v) is 0.775. The maximum Gasteiger partial charge on any atom is 2.00 e. The summed E-state index contributed by atoms with van der Waals surface area (Å²) >= 11 is 0. The third-order valence-electron chi connectivity index (χ3n) is 0. The van der Waals surface area contributed by atoms with E-state index in [-0.39, 0.29) is 107 Å². The van der Waals surface area contributed by atoms with Gasteiger partial charge in [0, 0.05) is 32.7 Å². The average Bonchev–Trinajstić information content (AvgIpc) is 0.811. The van der Waals surface area contributed by atoms with Gasteiger partial charge >= 0.3 is 79.0 Å². The van der Waals surface area contributed by atoms with Crippen LogP contribution in [0.25, 0.3) is 0 Å². The standard InChI is InChI=1S/BH3O3.Bi.Sr.Y.5H/c2-1(3)4;;;;;;;;/h2-4H;;;;;;;;/q;;+2;;;;;2*-1. The molecule has 0 atom stereocenters. The quantitative estimate of drug-likeness (QED) is 0.336. The molecule has 1 radical (unpaired) electrons. The fraction of sp³-hybridized carbons (Fsp3) is 0.